The van der Waals surface area contributed by atoms with Crippen LogP contribution in [0.1, 0.15) is 52.9 Å². The number of hydrogen-bond acceptors (Lipinski definition) is 12. The number of carbonyl (C=O) groups is 10. The van der Waals surface area contributed by atoms with Crippen LogP contribution in [0.2, 0.25) is 0 Å². The molecule has 0 aliphatic rings. The molecule has 0 saturated carbocycles. The Morgan fingerprint density at radius 3 is 1.60 bits per heavy atom. The molecule has 0 aromatic heterocycles. The molecule has 22 heteroatoms. The predicted molar refractivity (Wildman–Crippen MR) is 174 cm³/mol. The first-order chi connectivity index (χ1) is 23.4. The Kier molecular flexibility index (Phi) is 21.3. The molecule has 50 heavy (non-hydrogen) atoms. The van der Waals surface area contributed by atoms with Gasteiger partial charge in [-0.3, -0.25) is 47.9 Å². The van der Waals surface area contributed by atoms with E-state index >= 15 is 0 Å². The second-order valence-electron chi connectivity index (χ2n) is 11.1. The van der Waals surface area contributed by atoms with E-state index in [2.05, 4.69) is 42.5 Å². The van der Waals surface area contributed by atoms with Crippen LogP contribution in [0.25, 0.3) is 0 Å². The van der Waals surface area contributed by atoms with Gasteiger partial charge in [0.15, 0.2) is 0 Å². The summed E-state index contributed by atoms with van der Waals surface area (Å²) in [5.74, 6) is -7.54. The third kappa shape index (κ3) is 20.1. The van der Waals surface area contributed by atoms with E-state index in [1.54, 1.807) is 0 Å². The van der Waals surface area contributed by atoms with Crippen molar-refractivity contribution in [3.05, 3.63) is 0 Å². The number of carboxylic acids is 1. The van der Waals surface area contributed by atoms with E-state index in [0.29, 0.717) is 6.42 Å². The highest BCUT2D eigenvalue weighted by Gasteiger charge is 2.27. The van der Waals surface area contributed by atoms with Crippen LogP contribution in [-0.4, -0.2) is 127 Å². The maximum Gasteiger partial charge on any atom is 0.325 e. The zero-order valence-corrected chi connectivity index (χ0v) is 28.2. The van der Waals surface area contributed by atoms with Gasteiger partial charge in [0.25, 0.3) is 0 Å². The van der Waals surface area contributed by atoms with Gasteiger partial charge in [-0.05, 0) is 46.5 Å². The molecule has 0 saturated heterocycles. The molecular weight excluding hydrogens is 666 g/mol. The quantitative estimate of drug-likeness (QED) is 0.0414. The summed E-state index contributed by atoms with van der Waals surface area (Å²) in [6.45, 7) is 2.52. The van der Waals surface area contributed by atoms with Crippen molar-refractivity contribution in [1.82, 2.24) is 42.5 Å². The van der Waals surface area contributed by atoms with Crippen molar-refractivity contribution >= 4 is 59.1 Å². The van der Waals surface area contributed by atoms with Crippen LogP contribution < -0.4 is 59.7 Å². The number of hydrogen-bond donors (Lipinski definition) is 12. The summed E-state index contributed by atoms with van der Waals surface area (Å²) in [7, 11) is 0. The van der Waals surface area contributed by atoms with Gasteiger partial charge in [-0.1, -0.05) is 0 Å². The van der Waals surface area contributed by atoms with Crippen molar-refractivity contribution in [3.63, 3.8) is 0 Å². The molecule has 9 amide bonds. The summed E-state index contributed by atoms with van der Waals surface area (Å²) in [6, 6.07) is -5.77. The first-order valence-electron chi connectivity index (χ1n) is 15.6. The highest BCUT2D eigenvalue weighted by molar-refractivity contribution is 5.94. The first kappa shape index (κ1) is 44.6. The maximum absolute atomic E-state index is 13.0. The molecule has 0 rings (SSSR count). The highest BCUT2D eigenvalue weighted by Crippen LogP contribution is 2.05. The molecule has 0 heterocycles. The largest absolute Gasteiger partial charge is 0.480 e. The van der Waals surface area contributed by atoms with Crippen LogP contribution in [0.3, 0.4) is 0 Å². The fraction of sp³-hybridized carbons (Fsp3) is 0.643. The van der Waals surface area contributed by atoms with Gasteiger partial charge in [0, 0.05) is 13.0 Å². The van der Waals surface area contributed by atoms with Crippen LogP contribution in [0, 0.1) is 0 Å². The number of aliphatic carboxylic acids is 1. The molecule has 22 nitrogen and oxygen atoms in total. The SMILES string of the molecule is CC(N)C(=O)NC(CCC(=O)NC(CCCCNC(=O)CNC(=O)CNC(=O)CNC(=O)CN)C(=O)NC(C)C(=O)NC(C)C(=O)O)C(N)=O. The molecule has 0 aromatic rings. The van der Waals surface area contributed by atoms with E-state index < -0.39 is 102 Å². The Labute approximate surface area is 287 Å². The number of amides is 9. The van der Waals surface area contributed by atoms with E-state index in [9.17, 15) is 47.9 Å². The van der Waals surface area contributed by atoms with Crippen molar-refractivity contribution in [2.24, 2.45) is 17.2 Å². The molecule has 5 unspecified atom stereocenters. The molecule has 5 atom stereocenters. The Morgan fingerprint density at radius 2 is 1.10 bits per heavy atom. The molecule has 282 valence electrons. The van der Waals surface area contributed by atoms with Gasteiger partial charge >= 0.3 is 5.97 Å². The summed E-state index contributed by atoms with van der Waals surface area (Å²) in [6.07, 6.45) is 0.0584. The van der Waals surface area contributed by atoms with Gasteiger partial charge in [0.05, 0.1) is 32.2 Å². The zero-order chi connectivity index (χ0) is 38.4. The minimum Gasteiger partial charge on any atom is -0.480 e. The van der Waals surface area contributed by atoms with E-state index in [-0.39, 0.29) is 45.3 Å². The topological polar surface area (TPSA) is 365 Å². The standard InChI is InChI=1S/C28H49N11O11/c1-14(30)25(46)39-17(24(31)45)7-8-19(40)38-18(27(48)36-15(2)26(47)37-16(3)28(49)50)6-4-5-9-32-21(42)11-34-23(44)13-35-22(43)12-33-20(41)10-29/h14-18H,4-13,29-30H2,1-3H3,(H2,31,45)(H,32,42)(H,33,41)(H,34,44)(H,35,43)(H,36,48)(H,37,47)(H,38,40)(H,39,46)(H,49,50). The average molecular weight is 716 g/mol. The van der Waals surface area contributed by atoms with Crippen molar-refractivity contribution in [2.45, 2.75) is 83.1 Å². The summed E-state index contributed by atoms with van der Waals surface area (Å²) >= 11 is 0. The highest BCUT2D eigenvalue weighted by atomic mass is 16.4. The Balaban J connectivity index is 5.05. The Bertz CT molecular complexity index is 1250. The number of nitrogens with one attached hydrogen (secondary N) is 8. The number of primary amides is 1. The number of carboxylic acid groups (broad SMARTS) is 1. The van der Waals surface area contributed by atoms with Crippen LogP contribution in [0.4, 0.5) is 0 Å². The van der Waals surface area contributed by atoms with Crippen LogP contribution >= 0.6 is 0 Å². The second kappa shape index (κ2) is 23.9. The van der Waals surface area contributed by atoms with Crippen molar-refractivity contribution in [2.75, 3.05) is 32.7 Å². The Hall–Kier alpha value is -5.38. The minimum atomic E-state index is -1.29. The number of nitrogens with two attached hydrogens (primary N) is 3. The lowest BCUT2D eigenvalue weighted by atomic mass is 10.1. The fourth-order valence-corrected chi connectivity index (χ4v) is 3.68. The third-order valence-electron chi connectivity index (χ3n) is 6.63. The first-order valence-corrected chi connectivity index (χ1v) is 15.6. The summed E-state index contributed by atoms with van der Waals surface area (Å²) in [4.78, 5) is 119. The lowest BCUT2D eigenvalue weighted by Crippen LogP contribution is -2.54. The molecule has 0 aliphatic carbocycles. The van der Waals surface area contributed by atoms with Gasteiger partial charge in [-0.25, -0.2) is 0 Å². The molecule has 15 N–H and O–H groups in total. The molecule has 0 fully saturated rings. The molecule has 0 aromatic carbocycles. The molecule has 0 radical (unpaired) electrons. The predicted octanol–water partition coefficient (Wildman–Crippen LogP) is -6.74. The van der Waals surface area contributed by atoms with Crippen LogP contribution in [0.15, 0.2) is 0 Å². The number of rotatable bonds is 24. The van der Waals surface area contributed by atoms with Gasteiger partial charge in [0.2, 0.25) is 53.2 Å². The minimum absolute atomic E-state index is 0.0240. The second-order valence-corrected chi connectivity index (χ2v) is 11.1. The lowest BCUT2D eigenvalue weighted by Gasteiger charge is -2.22. The smallest absolute Gasteiger partial charge is 0.325 e. The third-order valence-corrected chi connectivity index (χ3v) is 6.63. The monoisotopic (exact) mass is 715 g/mol. The number of carbonyl (C=O) groups excluding carboxylic acids is 9. The van der Waals surface area contributed by atoms with Crippen LogP contribution in [-0.2, 0) is 47.9 Å². The van der Waals surface area contributed by atoms with Gasteiger partial charge in [-0.2, -0.15) is 0 Å². The van der Waals surface area contributed by atoms with Gasteiger partial charge < -0.3 is 64.8 Å². The van der Waals surface area contributed by atoms with E-state index in [4.69, 9.17) is 22.3 Å². The summed E-state index contributed by atoms with van der Waals surface area (Å²) in [5, 5.41) is 27.8. The Morgan fingerprint density at radius 1 is 0.580 bits per heavy atom. The zero-order valence-electron chi connectivity index (χ0n) is 28.2. The van der Waals surface area contributed by atoms with Gasteiger partial charge in [-0.15, -0.1) is 0 Å². The number of unbranched alkanes of at least 4 members (excludes halogenated alkanes) is 1. The van der Waals surface area contributed by atoms with Gasteiger partial charge in [0.1, 0.15) is 24.2 Å². The van der Waals surface area contributed by atoms with E-state index in [1.807, 2.05) is 0 Å². The van der Waals surface area contributed by atoms with Crippen molar-refractivity contribution in [3.8, 4) is 0 Å². The molecule has 0 bridgehead atoms. The molecule has 0 spiro atoms. The van der Waals surface area contributed by atoms with E-state index in [1.165, 1.54) is 20.8 Å². The normalized spacial score (nSPS) is 13.5. The van der Waals surface area contributed by atoms with E-state index in [0.717, 1.165) is 0 Å². The van der Waals surface area contributed by atoms with Crippen LogP contribution in [0.5, 0.6) is 0 Å². The van der Waals surface area contributed by atoms with Crippen molar-refractivity contribution in [1.29, 1.82) is 0 Å². The van der Waals surface area contributed by atoms with Crippen molar-refractivity contribution < 1.29 is 53.1 Å². The lowest BCUT2D eigenvalue weighted by molar-refractivity contribution is -0.141. The average Bonchev–Trinajstić information content (AvgIpc) is 3.05. The maximum atomic E-state index is 13.0. The summed E-state index contributed by atoms with van der Waals surface area (Å²) in [5.41, 5.74) is 15.9. The summed E-state index contributed by atoms with van der Waals surface area (Å²) < 4.78 is 0. The fourth-order valence-electron chi connectivity index (χ4n) is 3.68. The molecular formula is C28H49N11O11. The molecule has 0 aliphatic heterocycles.